The summed E-state index contributed by atoms with van der Waals surface area (Å²) in [4.78, 5) is 24.6. The second-order valence-electron chi connectivity index (χ2n) is 6.28. The normalized spacial score (nSPS) is 11.1. The minimum Gasteiger partial charge on any atom is -0.309 e. The summed E-state index contributed by atoms with van der Waals surface area (Å²) in [6.07, 6.45) is 0.675. The maximum atomic E-state index is 12.5. The maximum absolute atomic E-state index is 12.5. The van der Waals surface area contributed by atoms with Crippen molar-refractivity contribution in [2.24, 2.45) is 0 Å². The highest BCUT2D eigenvalue weighted by Gasteiger charge is 2.16. The van der Waals surface area contributed by atoms with Crippen molar-refractivity contribution in [2.75, 3.05) is 0 Å². The molecule has 1 N–H and O–H groups in total. The Labute approximate surface area is 161 Å². The average molecular weight is 376 g/mol. The second-order valence-corrected chi connectivity index (χ2v) is 7.22. The van der Waals surface area contributed by atoms with Crippen LogP contribution >= 0.6 is 11.8 Å². The van der Waals surface area contributed by atoms with Crippen LogP contribution < -0.4 is 5.56 Å². The van der Waals surface area contributed by atoms with E-state index in [1.54, 1.807) is 11.8 Å². The zero-order valence-electron chi connectivity index (χ0n) is 15.1. The van der Waals surface area contributed by atoms with Crippen LogP contribution in [0.1, 0.15) is 23.9 Å². The molecule has 0 aliphatic carbocycles. The van der Waals surface area contributed by atoms with Crippen molar-refractivity contribution in [3.63, 3.8) is 0 Å². The highest BCUT2D eigenvalue weighted by molar-refractivity contribution is 7.98. The molecule has 0 atom stereocenters. The third-order valence-electron chi connectivity index (χ3n) is 4.35. The Morgan fingerprint density at radius 3 is 2.30 bits per heavy atom. The number of hydrogen-bond donors (Lipinski definition) is 1. The van der Waals surface area contributed by atoms with Crippen LogP contribution in [0.2, 0.25) is 0 Å². The molecule has 0 radical (unpaired) electrons. The van der Waals surface area contributed by atoms with Gasteiger partial charge in [0.25, 0.3) is 5.56 Å². The van der Waals surface area contributed by atoms with Gasteiger partial charge in [0, 0.05) is 12.2 Å². The third-order valence-corrected chi connectivity index (χ3v) is 5.40. The number of hydrogen-bond acceptors (Lipinski definition) is 4. The standard InChI is InChI=1S/C21H20N4OS/c1-2-17-22-19-18(20(26)23-17)24-21(27-14-16-11-7-4-8-12-16)25(19)13-15-9-5-3-6-10-15/h3-12H,2,13-14H2,1H3,(H,22,23,26). The molecule has 2 heterocycles. The number of thioether (sulfide) groups is 1. The van der Waals surface area contributed by atoms with Gasteiger partial charge in [-0.05, 0) is 11.1 Å². The van der Waals surface area contributed by atoms with Crippen LogP contribution in [-0.4, -0.2) is 19.5 Å². The minimum atomic E-state index is -0.176. The molecule has 136 valence electrons. The summed E-state index contributed by atoms with van der Waals surface area (Å²) in [5.74, 6) is 1.47. The Morgan fingerprint density at radius 1 is 0.963 bits per heavy atom. The summed E-state index contributed by atoms with van der Waals surface area (Å²) in [5, 5.41) is 0.809. The Bertz CT molecular complexity index is 1100. The summed E-state index contributed by atoms with van der Waals surface area (Å²) >= 11 is 1.63. The lowest BCUT2D eigenvalue weighted by Gasteiger charge is -2.09. The summed E-state index contributed by atoms with van der Waals surface area (Å²) in [6.45, 7) is 2.61. The molecule has 0 unspecified atom stereocenters. The molecule has 4 aromatic rings. The summed E-state index contributed by atoms with van der Waals surface area (Å²) in [5.41, 5.74) is 3.24. The van der Waals surface area contributed by atoms with E-state index >= 15 is 0 Å². The van der Waals surface area contributed by atoms with Crippen molar-refractivity contribution in [3.8, 4) is 0 Å². The fourth-order valence-electron chi connectivity index (χ4n) is 2.94. The van der Waals surface area contributed by atoms with E-state index in [1.807, 2.05) is 47.9 Å². The van der Waals surface area contributed by atoms with E-state index in [0.717, 1.165) is 16.5 Å². The second kappa shape index (κ2) is 7.80. The van der Waals surface area contributed by atoms with E-state index < -0.39 is 0 Å². The highest BCUT2D eigenvalue weighted by atomic mass is 32.2. The van der Waals surface area contributed by atoms with Crippen LogP contribution in [0.5, 0.6) is 0 Å². The van der Waals surface area contributed by atoms with E-state index in [9.17, 15) is 4.79 Å². The number of benzene rings is 2. The molecule has 2 aromatic heterocycles. The van der Waals surface area contributed by atoms with Crippen LogP contribution in [0, 0.1) is 0 Å². The lowest BCUT2D eigenvalue weighted by atomic mass is 10.2. The van der Waals surface area contributed by atoms with Gasteiger partial charge in [0.05, 0.1) is 6.54 Å². The molecule has 4 rings (SSSR count). The molecule has 27 heavy (non-hydrogen) atoms. The summed E-state index contributed by atoms with van der Waals surface area (Å²) in [6, 6.07) is 20.4. The summed E-state index contributed by atoms with van der Waals surface area (Å²) in [7, 11) is 0. The first-order valence-corrected chi connectivity index (χ1v) is 9.93. The molecule has 0 saturated heterocycles. The van der Waals surface area contributed by atoms with Gasteiger partial charge in [-0.2, -0.15) is 0 Å². The zero-order chi connectivity index (χ0) is 18.6. The fraction of sp³-hybridized carbons (Fsp3) is 0.190. The smallest absolute Gasteiger partial charge is 0.279 e. The SMILES string of the molecule is CCc1nc2c(nc(SCc3ccccc3)n2Cc2ccccc2)c(=O)[nH]1. The Balaban J connectivity index is 1.77. The third kappa shape index (κ3) is 3.80. The van der Waals surface area contributed by atoms with Crippen LogP contribution in [-0.2, 0) is 18.7 Å². The zero-order valence-corrected chi connectivity index (χ0v) is 15.9. The highest BCUT2D eigenvalue weighted by Crippen LogP contribution is 2.26. The van der Waals surface area contributed by atoms with Gasteiger partial charge in [-0.15, -0.1) is 0 Å². The van der Waals surface area contributed by atoms with Crippen LogP contribution in [0.4, 0.5) is 0 Å². The van der Waals surface area contributed by atoms with Gasteiger partial charge < -0.3 is 4.98 Å². The first-order chi connectivity index (χ1) is 13.2. The largest absolute Gasteiger partial charge is 0.309 e. The number of H-pyrrole nitrogens is 1. The number of aryl methyl sites for hydroxylation is 1. The van der Waals surface area contributed by atoms with Gasteiger partial charge >= 0.3 is 0 Å². The van der Waals surface area contributed by atoms with Crippen molar-refractivity contribution in [1.82, 2.24) is 19.5 Å². The molecule has 0 bridgehead atoms. The predicted molar refractivity (Wildman–Crippen MR) is 109 cm³/mol. The van der Waals surface area contributed by atoms with Gasteiger partial charge in [0.15, 0.2) is 16.3 Å². The van der Waals surface area contributed by atoms with E-state index in [1.165, 1.54) is 5.56 Å². The summed E-state index contributed by atoms with van der Waals surface area (Å²) < 4.78 is 2.05. The van der Waals surface area contributed by atoms with E-state index in [4.69, 9.17) is 0 Å². The molecule has 5 nitrogen and oxygen atoms in total. The van der Waals surface area contributed by atoms with Gasteiger partial charge in [-0.25, -0.2) is 9.97 Å². The van der Waals surface area contributed by atoms with Crippen molar-refractivity contribution in [1.29, 1.82) is 0 Å². The Morgan fingerprint density at radius 2 is 1.63 bits per heavy atom. The first kappa shape index (κ1) is 17.5. The van der Waals surface area contributed by atoms with Gasteiger partial charge in [-0.3, -0.25) is 9.36 Å². The van der Waals surface area contributed by atoms with Crippen molar-refractivity contribution < 1.29 is 0 Å². The minimum absolute atomic E-state index is 0.176. The lowest BCUT2D eigenvalue weighted by molar-refractivity contribution is 0.721. The molecule has 0 amide bonds. The maximum Gasteiger partial charge on any atom is 0.279 e. The average Bonchev–Trinajstić information content (AvgIpc) is 3.06. The van der Waals surface area contributed by atoms with Crippen molar-refractivity contribution >= 4 is 22.9 Å². The van der Waals surface area contributed by atoms with Gasteiger partial charge in [0.2, 0.25) is 0 Å². The molecule has 2 aromatic carbocycles. The van der Waals surface area contributed by atoms with E-state index in [0.29, 0.717) is 30.0 Å². The van der Waals surface area contributed by atoms with Crippen molar-refractivity contribution in [3.05, 3.63) is 88.0 Å². The molecule has 0 fully saturated rings. The Kier molecular flexibility index (Phi) is 5.07. The van der Waals surface area contributed by atoms with Gasteiger partial charge in [-0.1, -0.05) is 79.3 Å². The molecule has 0 spiro atoms. The number of rotatable bonds is 6. The first-order valence-electron chi connectivity index (χ1n) is 8.94. The van der Waals surface area contributed by atoms with Crippen LogP contribution in [0.3, 0.4) is 0 Å². The Hall–Kier alpha value is -2.86. The van der Waals surface area contributed by atoms with E-state index in [-0.39, 0.29) is 5.56 Å². The van der Waals surface area contributed by atoms with E-state index in [2.05, 4.69) is 39.2 Å². The molecule has 6 heteroatoms. The fourth-order valence-corrected chi connectivity index (χ4v) is 3.90. The topological polar surface area (TPSA) is 63.6 Å². The molecule has 0 aliphatic heterocycles. The van der Waals surface area contributed by atoms with Crippen LogP contribution in [0.15, 0.2) is 70.6 Å². The predicted octanol–water partition coefficient (Wildman–Crippen LogP) is 4.02. The number of nitrogens with zero attached hydrogens (tertiary/aromatic N) is 3. The number of nitrogens with one attached hydrogen (secondary N) is 1. The monoisotopic (exact) mass is 376 g/mol. The number of aromatic amines is 1. The molecule has 0 saturated carbocycles. The lowest BCUT2D eigenvalue weighted by Crippen LogP contribution is -2.12. The van der Waals surface area contributed by atoms with Gasteiger partial charge in [0.1, 0.15) is 5.82 Å². The quantitative estimate of drug-likeness (QED) is 0.516. The molecular weight excluding hydrogens is 356 g/mol. The van der Waals surface area contributed by atoms with Crippen molar-refractivity contribution in [2.45, 2.75) is 30.8 Å². The number of fused-ring (bicyclic) bond motifs is 1. The number of aromatic nitrogens is 4. The molecule has 0 aliphatic rings. The molecular formula is C21H20N4OS. The number of imidazole rings is 1. The van der Waals surface area contributed by atoms with Crippen LogP contribution in [0.25, 0.3) is 11.2 Å².